The molecule has 0 spiro atoms. The first kappa shape index (κ1) is 23.9. The topological polar surface area (TPSA) is 40.6 Å². The quantitative estimate of drug-likeness (QED) is 0.334. The molecule has 0 aliphatic carbocycles. The summed E-state index contributed by atoms with van der Waals surface area (Å²) < 4.78 is 0. The Balaban J connectivity index is 4.92. The fourth-order valence-corrected chi connectivity index (χ4v) is 3.47. The minimum atomic E-state index is -0.518. The highest BCUT2D eigenvalue weighted by Gasteiger charge is 2.36. The lowest BCUT2D eigenvalue weighted by Gasteiger charge is -2.32. The Morgan fingerprint density at radius 3 is 1.48 bits per heavy atom. The molecule has 25 heavy (non-hydrogen) atoms. The number of rotatable bonds is 14. The van der Waals surface area contributed by atoms with Crippen molar-refractivity contribution in [3.8, 4) is 0 Å². The molecule has 0 rings (SSSR count). The van der Waals surface area contributed by atoms with E-state index >= 15 is 0 Å². The number of hydrogen-bond donors (Lipinski definition) is 0. The molecule has 0 fully saturated rings. The van der Waals surface area contributed by atoms with Crippen LogP contribution in [0.4, 0.5) is 0 Å². The molecule has 4 nitrogen and oxygen atoms in total. The highest BCUT2D eigenvalue weighted by molar-refractivity contribution is 6.00. The Hall–Kier alpha value is -1.06. The minimum absolute atomic E-state index is 0.0142. The zero-order valence-corrected chi connectivity index (χ0v) is 17.6. The molecular weight excluding hydrogens is 312 g/mol. The van der Waals surface area contributed by atoms with Gasteiger partial charge in [0.2, 0.25) is 11.8 Å². The van der Waals surface area contributed by atoms with Crippen molar-refractivity contribution in [3.63, 3.8) is 0 Å². The smallest absolute Gasteiger partial charge is 0.235 e. The Kier molecular flexibility index (Phi) is 13.5. The first-order chi connectivity index (χ1) is 12.0. The molecule has 0 aliphatic rings. The molecule has 1 unspecified atom stereocenters. The van der Waals surface area contributed by atoms with Crippen LogP contribution >= 0.6 is 0 Å². The van der Waals surface area contributed by atoms with Gasteiger partial charge in [-0.05, 0) is 40.0 Å². The van der Waals surface area contributed by atoms with E-state index in [4.69, 9.17) is 0 Å². The highest BCUT2D eigenvalue weighted by Crippen LogP contribution is 2.24. The molecule has 4 heteroatoms. The van der Waals surface area contributed by atoms with Gasteiger partial charge in [0, 0.05) is 26.2 Å². The number of hydrogen-bond acceptors (Lipinski definition) is 2. The van der Waals surface area contributed by atoms with Crippen LogP contribution in [0.15, 0.2) is 0 Å². The summed E-state index contributed by atoms with van der Waals surface area (Å²) >= 11 is 0. The van der Waals surface area contributed by atoms with Gasteiger partial charge in [0.15, 0.2) is 0 Å². The molecule has 0 aliphatic heterocycles. The molecule has 0 aromatic carbocycles. The molecule has 0 aromatic rings. The van der Waals surface area contributed by atoms with Gasteiger partial charge < -0.3 is 9.80 Å². The van der Waals surface area contributed by atoms with E-state index in [-0.39, 0.29) is 17.7 Å². The Bertz CT molecular complexity index is 339. The lowest BCUT2D eigenvalue weighted by Crippen LogP contribution is -2.47. The van der Waals surface area contributed by atoms with E-state index < -0.39 is 5.92 Å². The molecule has 2 amide bonds. The van der Waals surface area contributed by atoms with Crippen molar-refractivity contribution in [2.24, 2.45) is 11.8 Å². The maximum absolute atomic E-state index is 13.0. The summed E-state index contributed by atoms with van der Waals surface area (Å²) in [6.07, 6.45) is 8.39. The summed E-state index contributed by atoms with van der Waals surface area (Å²) in [4.78, 5) is 29.6. The number of nitrogens with zero attached hydrogens (tertiary/aromatic N) is 2. The molecular formula is C21H42N2O2. The maximum atomic E-state index is 13.0. The first-order valence-corrected chi connectivity index (χ1v) is 10.6. The molecule has 0 aromatic heterocycles. The van der Waals surface area contributed by atoms with Crippen molar-refractivity contribution in [1.82, 2.24) is 9.80 Å². The molecule has 0 saturated heterocycles. The Morgan fingerprint density at radius 2 is 1.08 bits per heavy atom. The number of carbonyl (C=O) groups is 2. The van der Waals surface area contributed by atoms with Gasteiger partial charge in [0.05, 0.1) is 0 Å². The molecule has 148 valence electrons. The average molecular weight is 355 g/mol. The van der Waals surface area contributed by atoms with E-state index in [0.29, 0.717) is 26.2 Å². The van der Waals surface area contributed by atoms with Crippen LogP contribution in [-0.2, 0) is 9.59 Å². The molecule has 0 radical (unpaired) electrons. The second-order valence-corrected chi connectivity index (χ2v) is 7.03. The minimum Gasteiger partial charge on any atom is -0.343 e. The van der Waals surface area contributed by atoms with Gasteiger partial charge in [-0.3, -0.25) is 9.59 Å². The lowest BCUT2D eigenvalue weighted by molar-refractivity contribution is -0.149. The Labute approximate surface area is 156 Å². The zero-order valence-electron chi connectivity index (χ0n) is 17.6. The molecule has 0 saturated carbocycles. The third-order valence-corrected chi connectivity index (χ3v) is 5.26. The fourth-order valence-electron chi connectivity index (χ4n) is 3.47. The van der Waals surface area contributed by atoms with Gasteiger partial charge in [-0.15, -0.1) is 0 Å². The van der Waals surface area contributed by atoms with Gasteiger partial charge in [0.1, 0.15) is 5.92 Å². The van der Waals surface area contributed by atoms with Crippen molar-refractivity contribution in [3.05, 3.63) is 0 Å². The van der Waals surface area contributed by atoms with E-state index in [2.05, 4.69) is 13.8 Å². The van der Waals surface area contributed by atoms with Gasteiger partial charge in [0.25, 0.3) is 0 Å². The van der Waals surface area contributed by atoms with Crippen LogP contribution in [0.1, 0.15) is 86.5 Å². The maximum Gasteiger partial charge on any atom is 0.235 e. The van der Waals surface area contributed by atoms with E-state index in [1.165, 1.54) is 32.1 Å². The van der Waals surface area contributed by atoms with Gasteiger partial charge >= 0.3 is 0 Å². The Morgan fingerprint density at radius 1 is 0.680 bits per heavy atom. The summed E-state index contributed by atoms with van der Waals surface area (Å²) in [5.74, 6) is -0.386. The second kappa shape index (κ2) is 14.1. The van der Waals surface area contributed by atoms with E-state index in [1.54, 1.807) is 0 Å². The predicted octanol–water partition coefficient (Wildman–Crippen LogP) is 4.73. The number of amides is 2. The summed E-state index contributed by atoms with van der Waals surface area (Å²) in [6.45, 7) is 14.9. The van der Waals surface area contributed by atoms with Crippen molar-refractivity contribution in [2.45, 2.75) is 86.5 Å². The van der Waals surface area contributed by atoms with Crippen LogP contribution < -0.4 is 0 Å². The van der Waals surface area contributed by atoms with Crippen LogP contribution in [0.2, 0.25) is 0 Å². The predicted molar refractivity (Wildman–Crippen MR) is 107 cm³/mol. The van der Waals surface area contributed by atoms with Crippen LogP contribution in [0.3, 0.4) is 0 Å². The third kappa shape index (κ3) is 8.24. The van der Waals surface area contributed by atoms with Crippen molar-refractivity contribution >= 4 is 11.8 Å². The third-order valence-electron chi connectivity index (χ3n) is 5.26. The van der Waals surface area contributed by atoms with E-state index in [9.17, 15) is 9.59 Å². The molecule has 0 heterocycles. The normalized spacial score (nSPS) is 12.3. The van der Waals surface area contributed by atoms with Crippen molar-refractivity contribution in [1.29, 1.82) is 0 Å². The summed E-state index contributed by atoms with van der Waals surface area (Å²) in [5.41, 5.74) is 0. The lowest BCUT2D eigenvalue weighted by atomic mass is 9.86. The van der Waals surface area contributed by atoms with Crippen LogP contribution in [0.25, 0.3) is 0 Å². The fraction of sp³-hybridized carbons (Fsp3) is 0.905. The standard InChI is InChI=1S/C21H42N2O2/c1-7-12-13-14-15-16-17-18(6)19(20(24)22(8-2)9-3)21(25)23(10-4)11-5/h18-19H,7-17H2,1-6H3. The summed E-state index contributed by atoms with van der Waals surface area (Å²) in [7, 11) is 0. The highest BCUT2D eigenvalue weighted by atomic mass is 16.2. The second-order valence-electron chi connectivity index (χ2n) is 7.03. The van der Waals surface area contributed by atoms with E-state index in [1.807, 2.05) is 37.5 Å². The van der Waals surface area contributed by atoms with Crippen LogP contribution in [0.5, 0.6) is 0 Å². The first-order valence-electron chi connectivity index (χ1n) is 10.6. The molecule has 1 atom stereocenters. The van der Waals surface area contributed by atoms with Gasteiger partial charge in [-0.1, -0.05) is 52.4 Å². The van der Waals surface area contributed by atoms with Crippen molar-refractivity contribution < 1.29 is 9.59 Å². The molecule has 0 N–H and O–H groups in total. The van der Waals surface area contributed by atoms with Crippen LogP contribution in [0, 0.1) is 11.8 Å². The van der Waals surface area contributed by atoms with Gasteiger partial charge in [-0.2, -0.15) is 0 Å². The van der Waals surface area contributed by atoms with Crippen LogP contribution in [-0.4, -0.2) is 47.8 Å². The summed E-state index contributed by atoms with van der Waals surface area (Å²) in [6, 6.07) is 0. The number of unbranched alkanes of at least 4 members (excludes halogenated alkanes) is 5. The largest absolute Gasteiger partial charge is 0.343 e. The SMILES string of the molecule is CCCCCCCCC(C)C(C(=O)N(CC)CC)C(=O)N(CC)CC. The molecule has 0 bridgehead atoms. The van der Waals surface area contributed by atoms with E-state index in [0.717, 1.165) is 12.8 Å². The number of carbonyl (C=O) groups excluding carboxylic acids is 2. The average Bonchev–Trinajstić information content (AvgIpc) is 2.60. The zero-order chi connectivity index (χ0) is 19.2. The van der Waals surface area contributed by atoms with Gasteiger partial charge in [-0.25, -0.2) is 0 Å². The monoisotopic (exact) mass is 354 g/mol. The summed E-state index contributed by atoms with van der Waals surface area (Å²) in [5, 5.41) is 0. The van der Waals surface area contributed by atoms with Crippen molar-refractivity contribution in [2.75, 3.05) is 26.2 Å².